The zero-order valence-electron chi connectivity index (χ0n) is 14.1. The van der Waals surface area contributed by atoms with Crippen molar-refractivity contribution in [3.63, 3.8) is 0 Å². The van der Waals surface area contributed by atoms with Crippen LogP contribution in [-0.4, -0.2) is 24.6 Å². The minimum atomic E-state index is 0.569. The van der Waals surface area contributed by atoms with Crippen LogP contribution in [0.15, 0.2) is 54.9 Å². The van der Waals surface area contributed by atoms with Gasteiger partial charge in [-0.3, -0.25) is 9.97 Å². The molecule has 0 aliphatic rings. The molecule has 0 saturated carbocycles. The third-order valence-corrected chi connectivity index (χ3v) is 3.90. The Labute approximate surface area is 145 Å². The molecule has 0 amide bonds. The van der Waals surface area contributed by atoms with Gasteiger partial charge >= 0.3 is 0 Å². The summed E-state index contributed by atoms with van der Waals surface area (Å²) in [5.41, 5.74) is 5.50. The highest BCUT2D eigenvalue weighted by Gasteiger charge is 2.10. The van der Waals surface area contributed by atoms with Crippen LogP contribution in [0.3, 0.4) is 0 Å². The number of aryl methyl sites for hydroxylation is 2. The molecule has 3 aromatic heterocycles. The Morgan fingerprint density at radius 1 is 0.960 bits per heavy atom. The highest BCUT2D eigenvalue weighted by molar-refractivity contribution is 5.66. The standard InChI is InChI=1S/C19H18N6/c1-13-8-19-23-17(15-6-4-3-5-7-15)9-18(25(19)24-13)22-12-16-11-20-14(2)10-21-16/h3-11,22H,12H2,1-2H3. The van der Waals surface area contributed by atoms with Crippen LogP contribution in [0.4, 0.5) is 5.82 Å². The summed E-state index contributed by atoms with van der Waals surface area (Å²) in [6, 6.07) is 14.1. The number of nitrogens with one attached hydrogen (secondary N) is 1. The molecule has 4 rings (SSSR count). The summed E-state index contributed by atoms with van der Waals surface area (Å²) in [6.07, 6.45) is 3.56. The van der Waals surface area contributed by atoms with Crippen LogP contribution in [0, 0.1) is 13.8 Å². The first-order chi connectivity index (χ1) is 12.2. The van der Waals surface area contributed by atoms with E-state index in [1.54, 1.807) is 12.4 Å². The van der Waals surface area contributed by atoms with E-state index in [0.29, 0.717) is 6.54 Å². The molecule has 0 unspecified atom stereocenters. The summed E-state index contributed by atoms with van der Waals surface area (Å²) in [5.74, 6) is 0.874. The van der Waals surface area contributed by atoms with Crippen molar-refractivity contribution >= 4 is 11.5 Å². The predicted octanol–water partition coefficient (Wildman–Crippen LogP) is 3.42. The van der Waals surface area contributed by atoms with Crippen molar-refractivity contribution in [3.8, 4) is 11.3 Å². The van der Waals surface area contributed by atoms with Gasteiger partial charge in [-0.25, -0.2) is 4.98 Å². The van der Waals surface area contributed by atoms with E-state index in [2.05, 4.69) is 32.5 Å². The van der Waals surface area contributed by atoms with Crippen molar-refractivity contribution in [1.82, 2.24) is 24.6 Å². The molecule has 0 aliphatic heterocycles. The zero-order valence-corrected chi connectivity index (χ0v) is 14.1. The SMILES string of the molecule is Cc1cnc(CNc2cc(-c3ccccc3)nc3cc(C)nn23)cn1. The number of fused-ring (bicyclic) bond motifs is 1. The van der Waals surface area contributed by atoms with Crippen LogP contribution in [0.25, 0.3) is 16.9 Å². The lowest BCUT2D eigenvalue weighted by Crippen LogP contribution is -2.08. The molecule has 3 heterocycles. The first kappa shape index (κ1) is 15.3. The van der Waals surface area contributed by atoms with Gasteiger partial charge in [-0.15, -0.1) is 0 Å². The number of hydrogen-bond donors (Lipinski definition) is 1. The molecular weight excluding hydrogens is 312 g/mol. The maximum Gasteiger partial charge on any atom is 0.158 e. The topological polar surface area (TPSA) is 68.0 Å². The third-order valence-electron chi connectivity index (χ3n) is 3.90. The van der Waals surface area contributed by atoms with Gasteiger partial charge in [0.15, 0.2) is 5.65 Å². The molecule has 0 bridgehead atoms. The van der Waals surface area contributed by atoms with Crippen LogP contribution in [0.5, 0.6) is 0 Å². The van der Waals surface area contributed by atoms with E-state index in [4.69, 9.17) is 4.98 Å². The Bertz CT molecular complexity index is 1010. The molecule has 0 spiro atoms. The monoisotopic (exact) mass is 330 g/mol. The lowest BCUT2D eigenvalue weighted by atomic mass is 10.1. The van der Waals surface area contributed by atoms with Gasteiger partial charge in [0, 0.05) is 23.9 Å². The number of rotatable bonds is 4. The molecule has 25 heavy (non-hydrogen) atoms. The number of anilines is 1. The van der Waals surface area contributed by atoms with Gasteiger partial charge in [0.05, 0.1) is 35.5 Å². The molecule has 124 valence electrons. The van der Waals surface area contributed by atoms with E-state index in [9.17, 15) is 0 Å². The Hall–Kier alpha value is -3.28. The molecule has 0 saturated heterocycles. The highest BCUT2D eigenvalue weighted by atomic mass is 15.3. The van der Waals surface area contributed by atoms with Gasteiger partial charge < -0.3 is 5.32 Å². The smallest absolute Gasteiger partial charge is 0.158 e. The molecular formula is C19H18N6. The molecule has 1 aromatic carbocycles. The number of hydrogen-bond acceptors (Lipinski definition) is 5. The zero-order chi connectivity index (χ0) is 17.2. The lowest BCUT2D eigenvalue weighted by Gasteiger charge is -2.10. The maximum absolute atomic E-state index is 4.73. The number of nitrogens with zero attached hydrogens (tertiary/aromatic N) is 5. The number of aromatic nitrogens is 5. The van der Waals surface area contributed by atoms with E-state index < -0.39 is 0 Å². The van der Waals surface area contributed by atoms with Crippen molar-refractivity contribution in [2.45, 2.75) is 20.4 Å². The lowest BCUT2D eigenvalue weighted by molar-refractivity contribution is 0.896. The molecule has 6 heteroatoms. The predicted molar refractivity (Wildman–Crippen MR) is 97.3 cm³/mol. The quantitative estimate of drug-likeness (QED) is 0.621. The average Bonchev–Trinajstić information content (AvgIpc) is 3.02. The molecule has 0 aliphatic carbocycles. The molecule has 0 radical (unpaired) electrons. The Kier molecular flexibility index (Phi) is 3.85. The van der Waals surface area contributed by atoms with Gasteiger partial charge in [-0.1, -0.05) is 30.3 Å². The second-order valence-electron chi connectivity index (χ2n) is 5.95. The highest BCUT2D eigenvalue weighted by Crippen LogP contribution is 2.22. The summed E-state index contributed by atoms with van der Waals surface area (Å²) in [7, 11) is 0. The summed E-state index contributed by atoms with van der Waals surface area (Å²) in [5, 5.41) is 7.93. The molecule has 6 nitrogen and oxygen atoms in total. The average molecular weight is 330 g/mol. The first-order valence-corrected chi connectivity index (χ1v) is 8.13. The maximum atomic E-state index is 4.73. The normalized spacial score (nSPS) is 11.0. The van der Waals surface area contributed by atoms with Crippen LogP contribution >= 0.6 is 0 Å². The van der Waals surface area contributed by atoms with E-state index in [1.165, 1.54) is 0 Å². The minimum Gasteiger partial charge on any atom is -0.364 e. The van der Waals surface area contributed by atoms with E-state index in [0.717, 1.165) is 39.8 Å². The van der Waals surface area contributed by atoms with Gasteiger partial charge in [-0.2, -0.15) is 9.61 Å². The second kappa shape index (κ2) is 6.32. The summed E-state index contributed by atoms with van der Waals surface area (Å²) in [6.45, 7) is 4.46. The fraction of sp³-hybridized carbons (Fsp3) is 0.158. The van der Waals surface area contributed by atoms with Crippen LogP contribution in [0.1, 0.15) is 17.1 Å². The summed E-state index contributed by atoms with van der Waals surface area (Å²) >= 11 is 0. The number of benzene rings is 1. The Balaban J connectivity index is 1.72. The van der Waals surface area contributed by atoms with Crippen molar-refractivity contribution in [3.05, 3.63) is 71.9 Å². The third kappa shape index (κ3) is 3.19. The molecule has 4 aromatic rings. The molecule has 1 N–H and O–H groups in total. The fourth-order valence-electron chi connectivity index (χ4n) is 2.66. The summed E-state index contributed by atoms with van der Waals surface area (Å²) < 4.78 is 1.82. The fourth-order valence-corrected chi connectivity index (χ4v) is 2.66. The van der Waals surface area contributed by atoms with Crippen LogP contribution in [0.2, 0.25) is 0 Å². The van der Waals surface area contributed by atoms with E-state index >= 15 is 0 Å². The van der Waals surface area contributed by atoms with Gasteiger partial charge in [0.25, 0.3) is 0 Å². The van der Waals surface area contributed by atoms with Crippen molar-refractivity contribution in [2.24, 2.45) is 0 Å². The largest absolute Gasteiger partial charge is 0.364 e. The molecule has 0 fully saturated rings. The van der Waals surface area contributed by atoms with Crippen molar-refractivity contribution in [2.75, 3.05) is 5.32 Å². The van der Waals surface area contributed by atoms with Crippen LogP contribution in [-0.2, 0) is 6.54 Å². The van der Waals surface area contributed by atoms with Gasteiger partial charge in [0.2, 0.25) is 0 Å². The van der Waals surface area contributed by atoms with Gasteiger partial charge in [0.1, 0.15) is 5.82 Å². The van der Waals surface area contributed by atoms with E-state index in [-0.39, 0.29) is 0 Å². The van der Waals surface area contributed by atoms with Crippen molar-refractivity contribution in [1.29, 1.82) is 0 Å². The van der Waals surface area contributed by atoms with Crippen molar-refractivity contribution < 1.29 is 0 Å². The Morgan fingerprint density at radius 3 is 2.56 bits per heavy atom. The molecule has 0 atom stereocenters. The van der Waals surface area contributed by atoms with Crippen LogP contribution < -0.4 is 5.32 Å². The van der Waals surface area contributed by atoms with Gasteiger partial charge in [-0.05, 0) is 13.8 Å². The first-order valence-electron chi connectivity index (χ1n) is 8.13. The Morgan fingerprint density at radius 2 is 1.80 bits per heavy atom. The second-order valence-corrected chi connectivity index (χ2v) is 5.95. The van der Waals surface area contributed by atoms with E-state index in [1.807, 2.05) is 48.7 Å². The minimum absolute atomic E-state index is 0.569. The summed E-state index contributed by atoms with van der Waals surface area (Å²) in [4.78, 5) is 13.4.